The van der Waals surface area contributed by atoms with E-state index >= 15 is 0 Å². The highest BCUT2D eigenvalue weighted by atomic mass is 79.9. The summed E-state index contributed by atoms with van der Waals surface area (Å²) in [4.78, 5) is 25.7. The average molecular weight is 631 g/mol. The summed E-state index contributed by atoms with van der Waals surface area (Å²) in [6.45, 7) is -0.209. The van der Waals surface area contributed by atoms with E-state index in [0.717, 1.165) is 18.3 Å². The van der Waals surface area contributed by atoms with E-state index in [1.165, 1.54) is 18.2 Å². The molecule has 3 aromatic rings. The molecule has 0 saturated heterocycles. The number of hydrogen-bond donors (Lipinski definition) is 3. The maximum absolute atomic E-state index is 13.1. The van der Waals surface area contributed by atoms with Crippen LogP contribution < -0.4 is 10.7 Å². The molecule has 3 aromatic carbocycles. The first-order valence-corrected chi connectivity index (χ1v) is 13.5. The predicted octanol–water partition coefficient (Wildman–Crippen LogP) is 5.38. The Morgan fingerprint density at radius 3 is 2.58 bits per heavy atom. The van der Waals surface area contributed by atoms with Gasteiger partial charge in [0.1, 0.15) is 11.5 Å². The van der Waals surface area contributed by atoms with Gasteiger partial charge in [0.05, 0.1) is 34.7 Å². The van der Waals surface area contributed by atoms with Gasteiger partial charge in [-0.3, -0.25) is 9.59 Å². The van der Waals surface area contributed by atoms with Gasteiger partial charge in [-0.1, -0.05) is 45.7 Å². The Labute approximate surface area is 232 Å². The summed E-state index contributed by atoms with van der Waals surface area (Å²) in [5.74, 6) is -0.960. The van der Waals surface area contributed by atoms with Crippen molar-refractivity contribution in [1.82, 2.24) is 5.43 Å². The lowest BCUT2D eigenvalue weighted by molar-refractivity contribution is -0.137. The van der Waals surface area contributed by atoms with Crippen LogP contribution in [0.3, 0.4) is 0 Å². The molecule has 1 unspecified atom stereocenters. The lowest BCUT2D eigenvalue weighted by Gasteiger charge is -2.12. The van der Waals surface area contributed by atoms with E-state index in [1.807, 2.05) is 0 Å². The number of hydrazone groups is 1. The molecular weight excluding hydrogens is 611 g/mol. The summed E-state index contributed by atoms with van der Waals surface area (Å²) in [7, 11) is 0. The minimum Gasteiger partial charge on any atom is -0.616 e. The lowest BCUT2D eigenvalue weighted by Crippen LogP contribution is -2.21. The number of nitrogens with one attached hydrogen (secondary N) is 2. The SMILES string of the molecule is O=C(Nc1ccc(Br)cc1C(=O)N/N=C/c1ccc(Cl)c(C(F)(F)F)c1)c1cccc(C[S+]([O-])CCO)c1. The Morgan fingerprint density at radius 1 is 1.11 bits per heavy atom. The molecule has 2 amide bonds. The number of rotatable bonds is 9. The van der Waals surface area contributed by atoms with Gasteiger partial charge >= 0.3 is 6.18 Å². The number of carbonyl (C=O) groups is 2. The van der Waals surface area contributed by atoms with E-state index in [-0.39, 0.29) is 40.5 Å². The van der Waals surface area contributed by atoms with Crippen molar-refractivity contribution in [2.24, 2.45) is 5.10 Å². The third-order valence-corrected chi connectivity index (χ3v) is 7.10. The average Bonchev–Trinajstić information content (AvgIpc) is 2.85. The molecule has 0 fully saturated rings. The van der Waals surface area contributed by atoms with E-state index in [1.54, 1.807) is 30.3 Å². The zero-order valence-electron chi connectivity index (χ0n) is 19.4. The lowest BCUT2D eigenvalue weighted by atomic mass is 10.1. The maximum atomic E-state index is 13.1. The molecule has 0 aliphatic carbocycles. The number of aliphatic hydroxyl groups excluding tert-OH is 1. The third-order valence-electron chi connectivity index (χ3n) is 4.99. The van der Waals surface area contributed by atoms with Crippen molar-refractivity contribution in [3.05, 3.63) is 98.0 Å². The molecule has 13 heteroatoms. The van der Waals surface area contributed by atoms with Crippen molar-refractivity contribution in [2.75, 3.05) is 17.7 Å². The molecule has 0 bridgehead atoms. The van der Waals surface area contributed by atoms with Crippen molar-refractivity contribution in [1.29, 1.82) is 0 Å². The van der Waals surface area contributed by atoms with Crippen molar-refractivity contribution >= 4 is 62.4 Å². The Morgan fingerprint density at radius 2 is 1.87 bits per heavy atom. The van der Waals surface area contributed by atoms with Crippen LogP contribution in [0.5, 0.6) is 0 Å². The number of nitrogens with zero attached hydrogens (tertiary/aromatic N) is 1. The highest BCUT2D eigenvalue weighted by Crippen LogP contribution is 2.34. The van der Waals surface area contributed by atoms with Crippen LogP contribution in [0.25, 0.3) is 0 Å². The molecule has 7 nitrogen and oxygen atoms in total. The van der Waals surface area contributed by atoms with E-state index in [9.17, 15) is 27.3 Å². The zero-order chi connectivity index (χ0) is 27.9. The van der Waals surface area contributed by atoms with Gasteiger partial charge < -0.3 is 15.0 Å². The topological polar surface area (TPSA) is 114 Å². The molecule has 0 heterocycles. The maximum Gasteiger partial charge on any atom is 0.417 e. The first-order valence-electron chi connectivity index (χ1n) is 10.8. The Bertz CT molecular complexity index is 1360. The number of amides is 2. The van der Waals surface area contributed by atoms with Crippen LogP contribution >= 0.6 is 27.5 Å². The minimum atomic E-state index is -4.65. The van der Waals surface area contributed by atoms with E-state index in [4.69, 9.17) is 16.7 Å². The van der Waals surface area contributed by atoms with Gasteiger partial charge in [-0.15, -0.1) is 0 Å². The summed E-state index contributed by atoms with van der Waals surface area (Å²) in [6, 6.07) is 14.2. The van der Waals surface area contributed by atoms with Gasteiger partial charge in [0.25, 0.3) is 11.8 Å². The second-order valence-electron chi connectivity index (χ2n) is 7.79. The van der Waals surface area contributed by atoms with Gasteiger partial charge in [-0.05, 0) is 59.2 Å². The number of carbonyl (C=O) groups excluding carboxylic acids is 2. The summed E-state index contributed by atoms with van der Waals surface area (Å²) >= 11 is 7.59. The molecule has 0 aliphatic heterocycles. The number of alkyl halides is 3. The summed E-state index contributed by atoms with van der Waals surface area (Å²) in [5, 5.41) is 14.8. The number of anilines is 1. The van der Waals surface area contributed by atoms with E-state index < -0.39 is 39.8 Å². The molecule has 0 aliphatic rings. The van der Waals surface area contributed by atoms with Crippen LogP contribution in [0.2, 0.25) is 5.02 Å². The predicted molar refractivity (Wildman–Crippen MR) is 144 cm³/mol. The molecule has 1 atom stereocenters. The Kier molecular flexibility index (Phi) is 10.3. The van der Waals surface area contributed by atoms with Gasteiger partial charge in [0, 0.05) is 15.6 Å². The van der Waals surface area contributed by atoms with Crippen LogP contribution in [0.4, 0.5) is 18.9 Å². The molecule has 38 heavy (non-hydrogen) atoms. The quantitative estimate of drug-likeness (QED) is 0.167. The van der Waals surface area contributed by atoms with Gasteiger partial charge in [0.2, 0.25) is 0 Å². The molecule has 0 saturated carbocycles. The van der Waals surface area contributed by atoms with Crippen LogP contribution in [0.1, 0.15) is 37.4 Å². The number of hydrogen-bond acceptors (Lipinski definition) is 5. The Balaban J connectivity index is 1.75. The summed E-state index contributed by atoms with van der Waals surface area (Å²) < 4.78 is 51.6. The molecule has 0 aromatic heterocycles. The van der Waals surface area contributed by atoms with Crippen LogP contribution in [0.15, 0.2) is 70.2 Å². The van der Waals surface area contributed by atoms with Crippen molar-refractivity contribution < 1.29 is 32.4 Å². The van der Waals surface area contributed by atoms with Crippen LogP contribution in [-0.4, -0.2) is 40.0 Å². The zero-order valence-corrected chi connectivity index (χ0v) is 22.5. The molecule has 200 valence electrons. The fraction of sp³-hybridized carbons (Fsp3) is 0.160. The van der Waals surface area contributed by atoms with Crippen LogP contribution in [0, 0.1) is 0 Å². The first-order chi connectivity index (χ1) is 18.0. The molecule has 3 N–H and O–H groups in total. The monoisotopic (exact) mass is 629 g/mol. The summed E-state index contributed by atoms with van der Waals surface area (Å²) in [5.41, 5.74) is 2.36. The van der Waals surface area contributed by atoms with Gasteiger partial charge in [0.15, 0.2) is 0 Å². The second kappa shape index (κ2) is 13.3. The number of benzene rings is 3. The smallest absolute Gasteiger partial charge is 0.417 e. The third kappa shape index (κ3) is 8.30. The fourth-order valence-electron chi connectivity index (χ4n) is 3.24. The first kappa shape index (κ1) is 29.7. The summed E-state index contributed by atoms with van der Waals surface area (Å²) in [6.07, 6.45) is -3.62. The molecule has 0 spiro atoms. The largest absolute Gasteiger partial charge is 0.616 e. The Hall–Kier alpha value is -2.90. The second-order valence-corrected chi connectivity index (χ2v) is 10.7. The normalized spacial score (nSPS) is 12.4. The number of aliphatic hydroxyl groups is 1. The molecular formula is C25H20BrClF3N3O4S. The highest BCUT2D eigenvalue weighted by molar-refractivity contribution is 9.10. The van der Waals surface area contributed by atoms with E-state index in [2.05, 4.69) is 31.8 Å². The van der Waals surface area contributed by atoms with Gasteiger partial charge in [-0.2, -0.15) is 18.3 Å². The number of halogens is 5. The standard InChI is InChI=1S/C25H20BrClF3N3O4S/c26-18-5-7-22(32-23(35)17-3-1-2-16(10-17)14-38(37)9-8-34)19(12-18)24(36)33-31-13-15-4-6-21(27)20(11-15)25(28,29)30/h1-7,10-13,34H,8-9,14H2,(H,32,35)(H,33,36)/b31-13+. The van der Waals surface area contributed by atoms with Gasteiger partial charge in [-0.25, -0.2) is 5.43 Å². The molecule has 0 radical (unpaired) electrons. The highest BCUT2D eigenvalue weighted by Gasteiger charge is 2.33. The van der Waals surface area contributed by atoms with Crippen LogP contribution in [-0.2, 0) is 23.1 Å². The molecule has 3 rings (SSSR count). The fourth-order valence-corrected chi connectivity index (χ4v) is 4.72. The van der Waals surface area contributed by atoms with Crippen molar-refractivity contribution in [2.45, 2.75) is 11.9 Å². The van der Waals surface area contributed by atoms with E-state index in [0.29, 0.717) is 10.0 Å². The van der Waals surface area contributed by atoms with Crippen molar-refractivity contribution in [3.8, 4) is 0 Å². The minimum absolute atomic E-state index is 0.0390. The van der Waals surface area contributed by atoms with Crippen molar-refractivity contribution in [3.63, 3.8) is 0 Å².